The minimum Gasteiger partial charge on any atom is -0.289 e. The van der Waals surface area contributed by atoms with Gasteiger partial charge in [-0.15, -0.1) is 0 Å². The fourth-order valence-corrected chi connectivity index (χ4v) is 4.21. The van der Waals surface area contributed by atoms with E-state index in [4.69, 9.17) is 11.6 Å². The van der Waals surface area contributed by atoms with Crippen LogP contribution < -0.4 is 0 Å². The Hall–Kier alpha value is -2.68. The molecule has 134 valence electrons. The molecule has 5 rings (SSSR count). The summed E-state index contributed by atoms with van der Waals surface area (Å²) >= 11 is 9.57. The van der Waals surface area contributed by atoms with E-state index in [1.54, 1.807) is 0 Å². The van der Waals surface area contributed by atoms with Crippen LogP contribution in [0.4, 0.5) is 0 Å². The van der Waals surface area contributed by atoms with Gasteiger partial charge in [0.15, 0.2) is 5.78 Å². The SMILES string of the molecule is O=C1c2ccccc2-c2c1cc(-c1ccc(Cl)cc1)cc2-c1ccc(Br)cc1. The van der Waals surface area contributed by atoms with Crippen LogP contribution in [0.5, 0.6) is 0 Å². The number of hydrogen-bond acceptors (Lipinski definition) is 1. The highest BCUT2D eigenvalue weighted by Gasteiger charge is 2.29. The number of halogens is 2. The monoisotopic (exact) mass is 444 g/mol. The van der Waals surface area contributed by atoms with Crippen molar-refractivity contribution < 1.29 is 4.79 Å². The van der Waals surface area contributed by atoms with Gasteiger partial charge in [-0.2, -0.15) is 0 Å². The largest absolute Gasteiger partial charge is 0.289 e. The van der Waals surface area contributed by atoms with Gasteiger partial charge < -0.3 is 0 Å². The molecule has 0 atom stereocenters. The third-order valence-electron chi connectivity index (χ3n) is 5.16. The second-order valence-electron chi connectivity index (χ2n) is 6.83. The van der Waals surface area contributed by atoms with Gasteiger partial charge in [0, 0.05) is 26.2 Å². The molecular weight excluding hydrogens is 432 g/mol. The van der Waals surface area contributed by atoms with E-state index in [0.717, 1.165) is 49.0 Å². The number of hydrogen-bond donors (Lipinski definition) is 0. The summed E-state index contributed by atoms with van der Waals surface area (Å²) in [5, 5.41) is 0.696. The van der Waals surface area contributed by atoms with Crippen molar-refractivity contribution in [2.45, 2.75) is 0 Å². The van der Waals surface area contributed by atoms with E-state index in [2.05, 4.69) is 34.1 Å². The van der Waals surface area contributed by atoms with Crippen molar-refractivity contribution in [3.63, 3.8) is 0 Å². The molecule has 0 amide bonds. The minimum atomic E-state index is 0.0831. The van der Waals surface area contributed by atoms with Crippen LogP contribution in [0.1, 0.15) is 15.9 Å². The molecular formula is C25H14BrClO. The Kier molecular flexibility index (Phi) is 4.19. The first-order chi connectivity index (χ1) is 13.6. The summed E-state index contributed by atoms with van der Waals surface area (Å²) in [6, 6.07) is 28.0. The summed E-state index contributed by atoms with van der Waals surface area (Å²) in [6.07, 6.45) is 0. The number of fused-ring (bicyclic) bond motifs is 3. The van der Waals surface area contributed by atoms with Gasteiger partial charge in [0.2, 0.25) is 0 Å². The molecule has 0 saturated carbocycles. The lowest BCUT2D eigenvalue weighted by Gasteiger charge is -2.13. The quantitative estimate of drug-likeness (QED) is 0.273. The highest BCUT2D eigenvalue weighted by Crippen LogP contribution is 2.45. The van der Waals surface area contributed by atoms with Gasteiger partial charge in [-0.05, 0) is 64.2 Å². The van der Waals surface area contributed by atoms with E-state index in [-0.39, 0.29) is 5.78 Å². The first-order valence-electron chi connectivity index (χ1n) is 8.96. The van der Waals surface area contributed by atoms with E-state index < -0.39 is 0 Å². The third kappa shape index (κ3) is 2.81. The standard InChI is InChI=1S/C25H14BrClO/c26-18-9-5-16(6-10-18)22-13-17(15-7-11-19(27)12-8-15)14-23-24(22)20-3-1-2-4-21(20)25(23)28/h1-14H. The zero-order chi connectivity index (χ0) is 19.3. The molecule has 0 spiro atoms. The van der Waals surface area contributed by atoms with Crippen molar-refractivity contribution in [3.8, 4) is 33.4 Å². The van der Waals surface area contributed by atoms with Crippen LogP contribution >= 0.6 is 27.5 Å². The average molecular weight is 446 g/mol. The molecule has 4 aromatic carbocycles. The summed E-state index contributed by atoms with van der Waals surface area (Å²) in [5.41, 5.74) is 7.73. The Morgan fingerprint density at radius 2 is 1.21 bits per heavy atom. The van der Waals surface area contributed by atoms with Crippen LogP contribution in [0.25, 0.3) is 33.4 Å². The average Bonchev–Trinajstić information content (AvgIpc) is 3.01. The maximum absolute atomic E-state index is 13.1. The molecule has 4 aromatic rings. The zero-order valence-corrected chi connectivity index (χ0v) is 17.1. The van der Waals surface area contributed by atoms with E-state index in [0.29, 0.717) is 5.02 Å². The summed E-state index contributed by atoms with van der Waals surface area (Å²) in [5.74, 6) is 0.0831. The molecule has 0 radical (unpaired) electrons. The highest BCUT2D eigenvalue weighted by molar-refractivity contribution is 9.10. The Labute approximate surface area is 176 Å². The van der Waals surface area contributed by atoms with E-state index in [9.17, 15) is 4.79 Å². The Bertz CT molecular complexity index is 1220. The lowest BCUT2D eigenvalue weighted by Crippen LogP contribution is -1.96. The third-order valence-corrected chi connectivity index (χ3v) is 5.94. The maximum Gasteiger partial charge on any atom is 0.194 e. The molecule has 0 aromatic heterocycles. The second-order valence-corrected chi connectivity index (χ2v) is 8.19. The molecule has 0 aliphatic heterocycles. The van der Waals surface area contributed by atoms with Gasteiger partial charge in [0.1, 0.15) is 0 Å². The molecule has 0 N–H and O–H groups in total. The lowest BCUT2D eigenvalue weighted by molar-refractivity contribution is 0.104. The molecule has 0 bridgehead atoms. The highest BCUT2D eigenvalue weighted by atomic mass is 79.9. The number of carbonyl (C=O) groups excluding carboxylic acids is 1. The van der Waals surface area contributed by atoms with E-state index in [1.807, 2.05) is 66.7 Å². The number of carbonyl (C=O) groups is 1. The van der Waals surface area contributed by atoms with Gasteiger partial charge >= 0.3 is 0 Å². The summed E-state index contributed by atoms with van der Waals surface area (Å²) in [4.78, 5) is 13.1. The minimum absolute atomic E-state index is 0.0831. The van der Waals surface area contributed by atoms with Gasteiger partial charge in [-0.3, -0.25) is 4.79 Å². The normalized spacial score (nSPS) is 12.0. The van der Waals surface area contributed by atoms with Crippen LogP contribution in [0, 0.1) is 0 Å². The fraction of sp³-hybridized carbons (Fsp3) is 0. The van der Waals surface area contributed by atoms with Crippen molar-refractivity contribution in [1.29, 1.82) is 0 Å². The fourth-order valence-electron chi connectivity index (χ4n) is 3.82. The summed E-state index contributed by atoms with van der Waals surface area (Å²) in [6.45, 7) is 0. The predicted octanol–water partition coefficient (Wildman–Crippen LogP) is 7.65. The Balaban J connectivity index is 1.81. The van der Waals surface area contributed by atoms with Gasteiger partial charge in [0.25, 0.3) is 0 Å². The molecule has 1 aliphatic carbocycles. The van der Waals surface area contributed by atoms with Crippen LogP contribution in [-0.4, -0.2) is 5.78 Å². The van der Waals surface area contributed by atoms with Crippen molar-refractivity contribution >= 4 is 33.3 Å². The van der Waals surface area contributed by atoms with Crippen molar-refractivity contribution in [3.05, 3.63) is 106 Å². The second kappa shape index (κ2) is 6.73. The number of benzene rings is 4. The van der Waals surface area contributed by atoms with Crippen LogP contribution in [-0.2, 0) is 0 Å². The smallest absolute Gasteiger partial charge is 0.194 e. The number of rotatable bonds is 2. The molecule has 1 aliphatic rings. The van der Waals surface area contributed by atoms with Crippen LogP contribution in [0.3, 0.4) is 0 Å². The first kappa shape index (κ1) is 17.4. The van der Waals surface area contributed by atoms with E-state index >= 15 is 0 Å². The Morgan fingerprint density at radius 3 is 1.93 bits per heavy atom. The summed E-state index contributed by atoms with van der Waals surface area (Å²) < 4.78 is 1.03. The van der Waals surface area contributed by atoms with Crippen molar-refractivity contribution in [1.82, 2.24) is 0 Å². The predicted molar refractivity (Wildman–Crippen MR) is 119 cm³/mol. The molecule has 3 heteroatoms. The molecule has 0 saturated heterocycles. The van der Waals surface area contributed by atoms with Gasteiger partial charge in [0.05, 0.1) is 0 Å². The molecule has 0 heterocycles. The summed E-state index contributed by atoms with van der Waals surface area (Å²) in [7, 11) is 0. The molecule has 0 unspecified atom stereocenters. The van der Waals surface area contributed by atoms with Crippen LogP contribution in [0.15, 0.2) is 89.4 Å². The maximum atomic E-state index is 13.1. The lowest BCUT2D eigenvalue weighted by atomic mass is 9.90. The zero-order valence-electron chi connectivity index (χ0n) is 14.7. The van der Waals surface area contributed by atoms with Crippen molar-refractivity contribution in [2.24, 2.45) is 0 Å². The molecule has 0 fully saturated rings. The van der Waals surface area contributed by atoms with Gasteiger partial charge in [-0.1, -0.05) is 76.1 Å². The molecule has 1 nitrogen and oxygen atoms in total. The topological polar surface area (TPSA) is 17.1 Å². The number of ketones is 1. The first-order valence-corrected chi connectivity index (χ1v) is 10.1. The van der Waals surface area contributed by atoms with Gasteiger partial charge in [-0.25, -0.2) is 0 Å². The Morgan fingerprint density at radius 1 is 0.607 bits per heavy atom. The van der Waals surface area contributed by atoms with Crippen LogP contribution in [0.2, 0.25) is 5.02 Å². The molecule has 28 heavy (non-hydrogen) atoms. The van der Waals surface area contributed by atoms with Crippen molar-refractivity contribution in [2.75, 3.05) is 0 Å². The van der Waals surface area contributed by atoms with E-state index in [1.165, 1.54) is 0 Å².